The number of ketones is 1. The Kier molecular flexibility index (Phi) is 6.63. The van der Waals surface area contributed by atoms with Gasteiger partial charge in [0.1, 0.15) is 0 Å². The molecule has 1 heterocycles. The van der Waals surface area contributed by atoms with E-state index in [4.69, 9.17) is 4.74 Å². The summed E-state index contributed by atoms with van der Waals surface area (Å²) in [6, 6.07) is 14.5. The van der Waals surface area contributed by atoms with Gasteiger partial charge >= 0.3 is 5.97 Å². The first-order chi connectivity index (χ1) is 15.9. The maximum atomic E-state index is 13.7. The first kappa shape index (κ1) is 22.8. The van der Waals surface area contributed by atoms with Crippen LogP contribution in [-0.2, 0) is 22.5 Å². The smallest absolute Gasteiger partial charge is 0.339 e. The molecule has 1 aromatic heterocycles. The highest BCUT2D eigenvalue weighted by atomic mass is 16.5. The number of esters is 1. The maximum absolute atomic E-state index is 13.7. The molecule has 2 aromatic carbocycles. The van der Waals surface area contributed by atoms with E-state index in [-0.39, 0.29) is 29.7 Å². The van der Waals surface area contributed by atoms with E-state index >= 15 is 0 Å². The van der Waals surface area contributed by atoms with E-state index < -0.39 is 5.97 Å². The van der Waals surface area contributed by atoms with Gasteiger partial charge in [0.2, 0.25) is 5.91 Å². The zero-order valence-electron chi connectivity index (χ0n) is 19.4. The standard InChI is InChI=1S/C27H30N2O4/c1-17-25(27(32)33-3)23(28-26(17)18(2)30)15-24(31)29(21-12-5-6-13-21)16-20-11-8-10-19-9-4-7-14-22(19)20/h4,7-11,14,21,28H,5-6,12-13,15-16H2,1-3H3. The Morgan fingerprint density at radius 1 is 1.06 bits per heavy atom. The highest BCUT2D eigenvalue weighted by Gasteiger charge is 2.30. The Bertz CT molecular complexity index is 1200. The average Bonchev–Trinajstić information content (AvgIpc) is 3.45. The van der Waals surface area contributed by atoms with Crippen LogP contribution >= 0.6 is 0 Å². The van der Waals surface area contributed by atoms with Gasteiger partial charge in [-0.15, -0.1) is 0 Å². The summed E-state index contributed by atoms with van der Waals surface area (Å²) < 4.78 is 4.94. The molecule has 1 fully saturated rings. The van der Waals surface area contributed by atoms with Crippen LogP contribution in [0.15, 0.2) is 42.5 Å². The Morgan fingerprint density at radius 3 is 2.45 bits per heavy atom. The summed E-state index contributed by atoms with van der Waals surface area (Å²) >= 11 is 0. The summed E-state index contributed by atoms with van der Waals surface area (Å²) in [6.45, 7) is 3.66. The lowest BCUT2D eigenvalue weighted by molar-refractivity contribution is -0.133. The number of rotatable bonds is 7. The molecule has 6 nitrogen and oxygen atoms in total. The molecular formula is C27H30N2O4. The van der Waals surface area contributed by atoms with Crippen LogP contribution in [0.1, 0.15) is 70.3 Å². The molecule has 0 spiro atoms. The molecule has 0 unspecified atom stereocenters. The van der Waals surface area contributed by atoms with Gasteiger partial charge in [0, 0.05) is 25.2 Å². The lowest BCUT2D eigenvalue weighted by Gasteiger charge is -2.30. The van der Waals surface area contributed by atoms with Crippen molar-refractivity contribution in [3.8, 4) is 0 Å². The SMILES string of the molecule is COC(=O)c1c(CC(=O)N(Cc2cccc3ccccc23)C2CCCC2)[nH]c(C(C)=O)c1C. The average molecular weight is 447 g/mol. The largest absolute Gasteiger partial charge is 0.465 e. The molecule has 6 heteroatoms. The number of amides is 1. The normalized spacial score (nSPS) is 13.9. The number of hydrogen-bond donors (Lipinski definition) is 1. The van der Waals surface area contributed by atoms with Crippen LogP contribution in [0.5, 0.6) is 0 Å². The van der Waals surface area contributed by atoms with Crippen LogP contribution < -0.4 is 0 Å². The Balaban J connectivity index is 1.68. The van der Waals surface area contributed by atoms with Crippen LogP contribution in [-0.4, -0.2) is 40.7 Å². The van der Waals surface area contributed by atoms with Gasteiger partial charge in [0.05, 0.1) is 24.8 Å². The second-order valence-electron chi connectivity index (χ2n) is 8.80. The van der Waals surface area contributed by atoms with E-state index in [1.807, 2.05) is 23.1 Å². The molecule has 3 aromatic rings. The van der Waals surface area contributed by atoms with Crippen molar-refractivity contribution in [3.63, 3.8) is 0 Å². The van der Waals surface area contributed by atoms with E-state index in [1.54, 1.807) is 6.92 Å². The highest BCUT2D eigenvalue weighted by Crippen LogP contribution is 2.29. The van der Waals surface area contributed by atoms with E-state index in [2.05, 4.69) is 29.2 Å². The first-order valence-electron chi connectivity index (χ1n) is 11.5. The topological polar surface area (TPSA) is 79.5 Å². The Morgan fingerprint density at radius 2 is 1.76 bits per heavy atom. The number of methoxy groups -OCH3 is 1. The summed E-state index contributed by atoms with van der Waals surface area (Å²) in [5, 5.41) is 2.29. The number of nitrogens with one attached hydrogen (secondary N) is 1. The van der Waals surface area contributed by atoms with Crippen LogP contribution in [0.3, 0.4) is 0 Å². The monoisotopic (exact) mass is 446 g/mol. The van der Waals surface area contributed by atoms with Crippen LogP contribution in [0.4, 0.5) is 0 Å². The minimum atomic E-state index is -0.541. The van der Waals surface area contributed by atoms with E-state index in [0.717, 1.165) is 42.0 Å². The van der Waals surface area contributed by atoms with Gasteiger partial charge in [-0.3, -0.25) is 9.59 Å². The molecule has 0 saturated heterocycles. The molecule has 1 aliphatic rings. The number of aromatic amines is 1. The van der Waals surface area contributed by atoms with Crippen molar-refractivity contribution >= 4 is 28.4 Å². The number of aromatic nitrogens is 1. The van der Waals surface area contributed by atoms with Crippen molar-refractivity contribution < 1.29 is 19.1 Å². The van der Waals surface area contributed by atoms with E-state index in [0.29, 0.717) is 23.5 Å². The fraction of sp³-hybridized carbons (Fsp3) is 0.370. The van der Waals surface area contributed by atoms with Gasteiger partial charge in [0.25, 0.3) is 0 Å². The van der Waals surface area contributed by atoms with Crippen LogP contribution in [0.25, 0.3) is 10.8 Å². The molecule has 1 aliphatic carbocycles. The van der Waals surface area contributed by atoms with Crippen molar-refractivity contribution in [3.05, 3.63) is 70.5 Å². The summed E-state index contributed by atoms with van der Waals surface area (Å²) in [7, 11) is 1.30. The number of carbonyl (C=O) groups is 3. The van der Waals surface area contributed by atoms with Crippen molar-refractivity contribution in [1.82, 2.24) is 9.88 Å². The van der Waals surface area contributed by atoms with Gasteiger partial charge in [-0.2, -0.15) is 0 Å². The predicted molar refractivity (Wildman–Crippen MR) is 127 cm³/mol. The molecule has 0 bridgehead atoms. The minimum Gasteiger partial charge on any atom is -0.465 e. The number of hydrogen-bond acceptors (Lipinski definition) is 4. The second kappa shape index (κ2) is 9.61. The van der Waals surface area contributed by atoms with Gasteiger partial charge in [0.15, 0.2) is 5.78 Å². The fourth-order valence-corrected chi connectivity index (χ4v) is 5.02. The molecule has 0 radical (unpaired) electrons. The van der Waals surface area contributed by atoms with Crippen molar-refractivity contribution in [1.29, 1.82) is 0 Å². The fourth-order valence-electron chi connectivity index (χ4n) is 5.02. The first-order valence-corrected chi connectivity index (χ1v) is 11.5. The van der Waals surface area contributed by atoms with Gasteiger partial charge in [-0.05, 0) is 41.7 Å². The van der Waals surface area contributed by atoms with Gasteiger partial charge < -0.3 is 14.6 Å². The predicted octanol–water partition coefficient (Wildman–Crippen LogP) is 4.98. The quantitative estimate of drug-likeness (QED) is 0.410. The highest BCUT2D eigenvalue weighted by molar-refractivity contribution is 6.01. The molecule has 1 N–H and O–H groups in total. The van der Waals surface area contributed by atoms with E-state index in [9.17, 15) is 14.4 Å². The molecule has 1 amide bonds. The third kappa shape index (κ3) is 4.56. The summed E-state index contributed by atoms with van der Waals surface area (Å²) in [4.78, 5) is 43.2. The van der Waals surface area contributed by atoms with Gasteiger partial charge in [-0.25, -0.2) is 4.79 Å². The number of benzene rings is 2. The van der Waals surface area contributed by atoms with Crippen molar-refractivity contribution in [2.24, 2.45) is 0 Å². The minimum absolute atomic E-state index is 0.0137. The number of nitrogens with zero attached hydrogens (tertiary/aromatic N) is 1. The molecule has 172 valence electrons. The Labute approximate surface area is 193 Å². The number of fused-ring (bicyclic) bond motifs is 1. The van der Waals surface area contributed by atoms with Crippen molar-refractivity contribution in [2.75, 3.05) is 7.11 Å². The number of carbonyl (C=O) groups excluding carboxylic acids is 3. The molecular weight excluding hydrogens is 416 g/mol. The number of ether oxygens (including phenoxy) is 1. The second-order valence-corrected chi connectivity index (χ2v) is 8.80. The molecule has 1 saturated carbocycles. The van der Waals surface area contributed by atoms with Crippen LogP contribution in [0, 0.1) is 6.92 Å². The van der Waals surface area contributed by atoms with Crippen molar-refractivity contribution in [2.45, 2.75) is 58.5 Å². The molecule has 0 aliphatic heterocycles. The summed E-state index contributed by atoms with van der Waals surface area (Å²) in [5.74, 6) is -0.781. The van der Waals surface area contributed by atoms with Crippen LogP contribution in [0.2, 0.25) is 0 Å². The van der Waals surface area contributed by atoms with E-state index in [1.165, 1.54) is 14.0 Å². The number of Topliss-reactive ketones (excluding diaryl/α,β-unsaturated/α-hetero) is 1. The lowest BCUT2D eigenvalue weighted by atomic mass is 10.0. The maximum Gasteiger partial charge on any atom is 0.339 e. The Hall–Kier alpha value is -3.41. The zero-order chi connectivity index (χ0) is 23.5. The number of H-pyrrole nitrogens is 1. The molecule has 0 atom stereocenters. The summed E-state index contributed by atoms with van der Waals surface area (Å²) in [5.41, 5.74) is 2.70. The summed E-state index contributed by atoms with van der Waals surface area (Å²) in [6.07, 6.45) is 4.17. The third-order valence-corrected chi connectivity index (χ3v) is 6.70. The molecule has 33 heavy (non-hydrogen) atoms. The zero-order valence-corrected chi connectivity index (χ0v) is 19.4. The third-order valence-electron chi connectivity index (χ3n) is 6.70. The van der Waals surface area contributed by atoms with Gasteiger partial charge in [-0.1, -0.05) is 55.3 Å². The lowest BCUT2D eigenvalue weighted by Crippen LogP contribution is -2.39. The molecule has 4 rings (SSSR count).